The van der Waals surface area contributed by atoms with Crippen LogP contribution in [-0.2, 0) is 0 Å². The smallest absolute Gasteiger partial charge is 0.101 e. The van der Waals surface area contributed by atoms with Gasteiger partial charge in [-0.05, 0) is 0 Å². The summed E-state index contributed by atoms with van der Waals surface area (Å²) < 4.78 is 0. The number of aliphatic hydroxyl groups excluding tert-OH is 2. The molecular weight excluding hydrogens is 208 g/mol. The molecular formula is C10H22O2Si2. The molecule has 2 atom stereocenters. The van der Waals surface area contributed by atoms with Crippen LogP contribution in [0.2, 0.25) is 39.3 Å². The second-order valence-electron chi connectivity index (χ2n) is 6.22. The van der Waals surface area contributed by atoms with Crippen molar-refractivity contribution in [1.29, 1.82) is 0 Å². The molecule has 0 saturated heterocycles. The van der Waals surface area contributed by atoms with E-state index in [1.807, 2.05) is 0 Å². The molecule has 2 N–H and O–H groups in total. The van der Waals surface area contributed by atoms with Crippen LogP contribution in [0.15, 0.2) is 10.4 Å². The first kappa shape index (κ1) is 12.2. The van der Waals surface area contributed by atoms with Crippen LogP contribution in [0.5, 0.6) is 0 Å². The highest BCUT2D eigenvalue weighted by molar-refractivity contribution is 6.90. The highest BCUT2D eigenvalue weighted by Gasteiger charge is 2.47. The number of rotatable bonds is 2. The van der Waals surface area contributed by atoms with Gasteiger partial charge in [0.15, 0.2) is 0 Å². The molecule has 2 nitrogen and oxygen atoms in total. The van der Waals surface area contributed by atoms with Gasteiger partial charge in [0, 0.05) is 0 Å². The topological polar surface area (TPSA) is 40.5 Å². The standard InChI is InChI=1S/C10H22O2Si2/c1-13(2,3)9-7(11)8(12)10(9)14(4,5)6/h7-8,11-12H,1-6H3/t7-,8+. The van der Waals surface area contributed by atoms with E-state index >= 15 is 0 Å². The molecule has 1 aliphatic carbocycles. The minimum absolute atomic E-state index is 0.566. The predicted molar refractivity (Wildman–Crippen MR) is 65.7 cm³/mol. The van der Waals surface area contributed by atoms with Crippen LogP contribution < -0.4 is 0 Å². The third kappa shape index (κ3) is 1.89. The molecule has 1 rings (SSSR count). The molecule has 0 aromatic rings. The zero-order valence-corrected chi connectivity index (χ0v) is 12.0. The summed E-state index contributed by atoms with van der Waals surface area (Å²) in [5.74, 6) is 0. The number of hydrogen-bond donors (Lipinski definition) is 2. The fraction of sp³-hybridized carbons (Fsp3) is 0.800. The lowest BCUT2D eigenvalue weighted by Gasteiger charge is -2.46. The molecule has 4 heteroatoms. The fourth-order valence-corrected chi connectivity index (χ4v) is 8.49. The van der Waals surface area contributed by atoms with Crippen LogP contribution in [0.3, 0.4) is 0 Å². The Hall–Kier alpha value is 0.0938. The molecule has 0 heterocycles. The summed E-state index contributed by atoms with van der Waals surface area (Å²) >= 11 is 0. The Balaban J connectivity index is 3.17. The Labute approximate surface area is 88.7 Å². The molecule has 14 heavy (non-hydrogen) atoms. The van der Waals surface area contributed by atoms with Crippen molar-refractivity contribution < 1.29 is 10.2 Å². The first-order valence-electron chi connectivity index (χ1n) is 5.18. The summed E-state index contributed by atoms with van der Waals surface area (Å²) in [5.41, 5.74) is 0. The molecule has 1 aliphatic rings. The molecule has 0 aromatic heterocycles. The monoisotopic (exact) mass is 230 g/mol. The van der Waals surface area contributed by atoms with Crippen molar-refractivity contribution in [2.24, 2.45) is 0 Å². The molecule has 0 bridgehead atoms. The molecule has 0 unspecified atom stereocenters. The van der Waals surface area contributed by atoms with Gasteiger partial charge in [0.25, 0.3) is 0 Å². The van der Waals surface area contributed by atoms with E-state index in [1.54, 1.807) is 0 Å². The van der Waals surface area contributed by atoms with Gasteiger partial charge in [0.1, 0.15) is 12.2 Å². The van der Waals surface area contributed by atoms with E-state index in [4.69, 9.17) is 0 Å². The summed E-state index contributed by atoms with van der Waals surface area (Å²) in [4.78, 5) is 0. The van der Waals surface area contributed by atoms with Gasteiger partial charge < -0.3 is 10.2 Å². The van der Waals surface area contributed by atoms with Crippen LogP contribution >= 0.6 is 0 Å². The highest BCUT2D eigenvalue weighted by Crippen LogP contribution is 2.40. The van der Waals surface area contributed by atoms with Crippen molar-refractivity contribution in [3.63, 3.8) is 0 Å². The van der Waals surface area contributed by atoms with E-state index in [0.29, 0.717) is 0 Å². The van der Waals surface area contributed by atoms with E-state index in [2.05, 4.69) is 39.3 Å². The Morgan fingerprint density at radius 1 is 0.714 bits per heavy atom. The van der Waals surface area contributed by atoms with E-state index in [-0.39, 0.29) is 0 Å². The first-order chi connectivity index (χ1) is 6.07. The second-order valence-corrected chi connectivity index (χ2v) is 16.3. The van der Waals surface area contributed by atoms with Crippen molar-refractivity contribution >= 4 is 16.1 Å². The van der Waals surface area contributed by atoms with E-state index in [1.165, 1.54) is 10.4 Å². The highest BCUT2D eigenvalue weighted by atomic mass is 28.3. The van der Waals surface area contributed by atoms with Gasteiger partial charge in [-0.15, -0.1) is 0 Å². The molecule has 0 amide bonds. The van der Waals surface area contributed by atoms with Crippen molar-refractivity contribution in [2.75, 3.05) is 0 Å². The SMILES string of the molecule is C[Si](C)(C)C1=C([Si](C)(C)C)[C@H](O)[C@@H]1O. The van der Waals surface area contributed by atoms with Crippen LogP contribution in [0.4, 0.5) is 0 Å². The minimum Gasteiger partial charge on any atom is -0.386 e. The van der Waals surface area contributed by atoms with Gasteiger partial charge in [0.2, 0.25) is 0 Å². The first-order valence-corrected chi connectivity index (χ1v) is 12.2. The van der Waals surface area contributed by atoms with Crippen molar-refractivity contribution in [1.82, 2.24) is 0 Å². The van der Waals surface area contributed by atoms with E-state index in [9.17, 15) is 10.2 Å². The van der Waals surface area contributed by atoms with Gasteiger partial charge in [-0.1, -0.05) is 49.7 Å². The largest absolute Gasteiger partial charge is 0.386 e. The number of aliphatic hydroxyl groups is 2. The summed E-state index contributed by atoms with van der Waals surface area (Å²) in [5, 5.41) is 22.0. The summed E-state index contributed by atoms with van der Waals surface area (Å²) in [6.45, 7) is 13.4. The fourth-order valence-electron chi connectivity index (χ4n) is 2.23. The molecule has 82 valence electrons. The third-order valence-corrected chi connectivity index (χ3v) is 7.41. The molecule has 0 aliphatic heterocycles. The Morgan fingerprint density at radius 3 is 1.07 bits per heavy atom. The quantitative estimate of drug-likeness (QED) is 0.710. The minimum atomic E-state index is -1.45. The molecule has 0 aromatic carbocycles. The lowest BCUT2D eigenvalue weighted by molar-refractivity contribution is 0.0487. The summed E-state index contributed by atoms with van der Waals surface area (Å²) in [6, 6.07) is 0. The Bertz CT molecular complexity index is 243. The van der Waals surface area contributed by atoms with Crippen molar-refractivity contribution in [3.05, 3.63) is 10.4 Å². The Morgan fingerprint density at radius 2 is 0.929 bits per heavy atom. The zero-order chi connectivity index (χ0) is 11.3. The van der Waals surface area contributed by atoms with Gasteiger partial charge in [-0.25, -0.2) is 0 Å². The van der Waals surface area contributed by atoms with Crippen molar-refractivity contribution in [2.45, 2.75) is 51.5 Å². The third-order valence-electron chi connectivity index (χ3n) is 2.80. The maximum Gasteiger partial charge on any atom is 0.101 e. The maximum absolute atomic E-state index is 9.79. The van der Waals surface area contributed by atoms with Crippen LogP contribution in [0.25, 0.3) is 0 Å². The van der Waals surface area contributed by atoms with Crippen LogP contribution in [0.1, 0.15) is 0 Å². The lowest BCUT2D eigenvalue weighted by Crippen LogP contribution is -2.56. The van der Waals surface area contributed by atoms with Gasteiger partial charge in [0.05, 0.1) is 16.1 Å². The normalized spacial score (nSPS) is 29.1. The van der Waals surface area contributed by atoms with Crippen LogP contribution in [0, 0.1) is 0 Å². The summed E-state index contributed by atoms with van der Waals surface area (Å²) in [6.07, 6.45) is -1.13. The van der Waals surface area contributed by atoms with Gasteiger partial charge in [-0.3, -0.25) is 0 Å². The predicted octanol–water partition coefficient (Wildman–Crippen LogP) is 1.77. The van der Waals surface area contributed by atoms with Gasteiger partial charge >= 0.3 is 0 Å². The van der Waals surface area contributed by atoms with E-state index < -0.39 is 28.4 Å². The average molecular weight is 230 g/mol. The molecule has 0 radical (unpaired) electrons. The maximum atomic E-state index is 9.79. The molecule has 0 saturated carbocycles. The second kappa shape index (κ2) is 3.30. The zero-order valence-electron chi connectivity index (χ0n) is 10.0. The van der Waals surface area contributed by atoms with Gasteiger partial charge in [-0.2, -0.15) is 0 Å². The lowest BCUT2D eigenvalue weighted by atomic mass is 10.0. The molecule has 0 spiro atoms. The van der Waals surface area contributed by atoms with Crippen LogP contribution in [-0.4, -0.2) is 38.6 Å². The Kier molecular flexibility index (Phi) is 2.87. The summed E-state index contributed by atoms with van der Waals surface area (Å²) in [7, 11) is -2.89. The molecule has 0 fully saturated rings. The van der Waals surface area contributed by atoms with E-state index in [0.717, 1.165) is 0 Å². The van der Waals surface area contributed by atoms with Crippen molar-refractivity contribution in [3.8, 4) is 0 Å². The number of hydrogen-bond acceptors (Lipinski definition) is 2. The average Bonchev–Trinajstić information content (AvgIpc) is 1.93.